The van der Waals surface area contributed by atoms with E-state index in [1.165, 1.54) is 6.92 Å². The summed E-state index contributed by atoms with van der Waals surface area (Å²) in [5.41, 5.74) is 1.74. The van der Waals surface area contributed by atoms with E-state index in [2.05, 4.69) is 5.32 Å². The summed E-state index contributed by atoms with van der Waals surface area (Å²) in [5.74, 6) is -0.259. The van der Waals surface area contributed by atoms with Gasteiger partial charge in [0.25, 0.3) is 0 Å². The predicted octanol–water partition coefficient (Wildman–Crippen LogP) is 3.19. The molecule has 0 saturated heterocycles. The van der Waals surface area contributed by atoms with Crippen molar-refractivity contribution >= 4 is 23.6 Å². The molecule has 2 rings (SSSR count). The summed E-state index contributed by atoms with van der Waals surface area (Å²) in [6.45, 7) is 3.32. The van der Waals surface area contributed by atoms with Gasteiger partial charge in [-0.25, -0.2) is 4.79 Å². The van der Waals surface area contributed by atoms with Gasteiger partial charge in [0.15, 0.2) is 0 Å². The van der Waals surface area contributed by atoms with Gasteiger partial charge in [0.2, 0.25) is 5.91 Å². The molecule has 1 amide bonds. The number of hydrogen-bond donors (Lipinski definition) is 1. The summed E-state index contributed by atoms with van der Waals surface area (Å²) in [4.78, 5) is 47.7. The van der Waals surface area contributed by atoms with Gasteiger partial charge in [-0.2, -0.15) is 0 Å². The zero-order valence-corrected chi connectivity index (χ0v) is 19.8. The highest BCUT2D eigenvalue weighted by Crippen LogP contribution is 2.16. The van der Waals surface area contributed by atoms with Gasteiger partial charge in [-0.1, -0.05) is 24.3 Å². The lowest BCUT2D eigenvalue weighted by Gasteiger charge is -2.18. The molecule has 0 heterocycles. The number of Topliss-reactive ketones (excluding diaryl/α,β-unsaturated/α-hetero) is 1. The molecule has 0 aliphatic rings. The summed E-state index contributed by atoms with van der Waals surface area (Å²) in [6, 6.07) is 13.2. The second-order valence-corrected chi connectivity index (χ2v) is 7.74. The van der Waals surface area contributed by atoms with Gasteiger partial charge in [0.1, 0.15) is 23.3 Å². The largest absolute Gasteiger partial charge is 0.497 e. The Morgan fingerprint density at radius 1 is 0.853 bits per heavy atom. The number of ether oxygens (including phenoxy) is 3. The second-order valence-electron chi connectivity index (χ2n) is 7.74. The lowest BCUT2D eigenvalue weighted by atomic mass is 10.0. The molecule has 1 N–H and O–H groups in total. The molecular weight excluding hydrogens is 438 g/mol. The van der Waals surface area contributed by atoms with Crippen LogP contribution in [0.4, 0.5) is 0 Å². The lowest BCUT2D eigenvalue weighted by molar-refractivity contribution is -0.147. The molecule has 2 aromatic rings. The molecule has 8 heteroatoms. The third-order valence-corrected chi connectivity index (χ3v) is 4.98. The molecule has 34 heavy (non-hydrogen) atoms. The lowest BCUT2D eigenvalue weighted by Crippen LogP contribution is -2.43. The van der Waals surface area contributed by atoms with E-state index in [1.54, 1.807) is 38.3 Å². The normalized spacial score (nSPS) is 11.3. The molecule has 2 aromatic carbocycles. The first-order valence-corrected chi connectivity index (χ1v) is 11.2. The Kier molecular flexibility index (Phi) is 10.8. The molecule has 1 atom stereocenters. The zero-order chi connectivity index (χ0) is 24.9. The number of rotatable bonds is 13. The van der Waals surface area contributed by atoms with E-state index in [-0.39, 0.29) is 44.0 Å². The van der Waals surface area contributed by atoms with E-state index in [4.69, 9.17) is 14.2 Å². The third-order valence-electron chi connectivity index (χ3n) is 4.98. The third kappa shape index (κ3) is 9.44. The minimum Gasteiger partial charge on any atom is -0.497 e. The van der Waals surface area contributed by atoms with Crippen LogP contribution in [0.15, 0.2) is 48.5 Å². The SMILES string of the molecule is CCOC(=O)C(Cc1ccc(OC(=O)CCC(C)=O)cc1)NC(=O)CCc1ccc(OC)cc1. The Balaban J connectivity index is 1.94. The van der Waals surface area contributed by atoms with E-state index in [1.807, 2.05) is 24.3 Å². The summed E-state index contributed by atoms with van der Waals surface area (Å²) in [5, 5.41) is 2.76. The number of esters is 2. The van der Waals surface area contributed by atoms with Crippen LogP contribution >= 0.6 is 0 Å². The van der Waals surface area contributed by atoms with Gasteiger partial charge in [0.05, 0.1) is 20.1 Å². The number of amides is 1. The predicted molar refractivity (Wildman–Crippen MR) is 126 cm³/mol. The van der Waals surface area contributed by atoms with Crippen LogP contribution < -0.4 is 14.8 Å². The maximum absolute atomic E-state index is 12.5. The number of carbonyl (C=O) groups excluding carboxylic acids is 4. The van der Waals surface area contributed by atoms with Gasteiger partial charge in [-0.15, -0.1) is 0 Å². The monoisotopic (exact) mass is 469 g/mol. The van der Waals surface area contributed by atoms with Crippen molar-refractivity contribution in [2.75, 3.05) is 13.7 Å². The van der Waals surface area contributed by atoms with Gasteiger partial charge >= 0.3 is 11.9 Å². The van der Waals surface area contributed by atoms with Gasteiger partial charge in [0, 0.05) is 19.3 Å². The van der Waals surface area contributed by atoms with Crippen molar-refractivity contribution < 1.29 is 33.4 Å². The first kappa shape index (κ1) is 26.6. The van der Waals surface area contributed by atoms with Crippen LogP contribution in [-0.2, 0) is 36.8 Å². The van der Waals surface area contributed by atoms with Crippen molar-refractivity contribution in [1.82, 2.24) is 5.32 Å². The van der Waals surface area contributed by atoms with E-state index in [0.717, 1.165) is 16.9 Å². The average molecular weight is 470 g/mol. The van der Waals surface area contributed by atoms with Crippen LogP contribution in [0.3, 0.4) is 0 Å². The van der Waals surface area contributed by atoms with Crippen molar-refractivity contribution in [3.05, 3.63) is 59.7 Å². The van der Waals surface area contributed by atoms with Crippen LogP contribution in [0.1, 0.15) is 44.2 Å². The summed E-state index contributed by atoms with van der Waals surface area (Å²) < 4.78 is 15.5. The van der Waals surface area contributed by atoms with Crippen LogP contribution in [0, 0.1) is 0 Å². The van der Waals surface area contributed by atoms with Crippen molar-refractivity contribution in [1.29, 1.82) is 0 Å². The molecule has 0 radical (unpaired) electrons. The maximum atomic E-state index is 12.5. The number of methoxy groups -OCH3 is 1. The Bertz CT molecular complexity index is 968. The Morgan fingerprint density at radius 3 is 2.06 bits per heavy atom. The van der Waals surface area contributed by atoms with E-state index in [0.29, 0.717) is 12.2 Å². The van der Waals surface area contributed by atoms with Crippen molar-refractivity contribution in [2.24, 2.45) is 0 Å². The highest BCUT2D eigenvalue weighted by molar-refractivity contribution is 5.85. The Morgan fingerprint density at radius 2 is 1.47 bits per heavy atom. The van der Waals surface area contributed by atoms with E-state index >= 15 is 0 Å². The fourth-order valence-corrected chi connectivity index (χ4v) is 3.14. The molecule has 0 saturated carbocycles. The Hall–Kier alpha value is -3.68. The van der Waals surface area contributed by atoms with Gasteiger partial charge in [-0.05, 0) is 55.7 Å². The summed E-state index contributed by atoms with van der Waals surface area (Å²) in [6.07, 6.45) is 1.12. The Labute approximate surface area is 199 Å². The van der Waals surface area contributed by atoms with Gasteiger partial charge in [-0.3, -0.25) is 9.59 Å². The molecule has 1 unspecified atom stereocenters. The molecule has 8 nitrogen and oxygen atoms in total. The molecular formula is C26H31NO7. The van der Waals surface area contributed by atoms with Crippen molar-refractivity contribution in [3.8, 4) is 11.5 Å². The number of aryl methyl sites for hydroxylation is 1. The molecule has 0 spiro atoms. The molecule has 0 aliphatic heterocycles. The fourth-order valence-electron chi connectivity index (χ4n) is 3.14. The van der Waals surface area contributed by atoms with Crippen molar-refractivity contribution in [3.63, 3.8) is 0 Å². The fraction of sp³-hybridized carbons (Fsp3) is 0.385. The molecule has 0 fully saturated rings. The number of hydrogen-bond acceptors (Lipinski definition) is 7. The van der Waals surface area contributed by atoms with Crippen LogP contribution in [0.2, 0.25) is 0 Å². The first-order valence-electron chi connectivity index (χ1n) is 11.2. The number of nitrogens with one attached hydrogen (secondary N) is 1. The number of benzene rings is 2. The minimum absolute atomic E-state index is 0.0184. The summed E-state index contributed by atoms with van der Waals surface area (Å²) >= 11 is 0. The van der Waals surface area contributed by atoms with E-state index in [9.17, 15) is 19.2 Å². The smallest absolute Gasteiger partial charge is 0.328 e. The topological polar surface area (TPSA) is 108 Å². The standard InChI is InChI=1S/C26H31NO7/c1-4-33-26(31)23(27-24(29)15-10-19-6-11-21(32-3)12-7-19)17-20-8-13-22(14-9-20)34-25(30)16-5-18(2)28/h6-9,11-14,23H,4-5,10,15-17H2,1-3H3,(H,27,29). The number of carbonyl (C=O) groups is 4. The average Bonchev–Trinajstić information content (AvgIpc) is 2.82. The van der Waals surface area contributed by atoms with Crippen LogP contribution in [0.5, 0.6) is 11.5 Å². The quantitative estimate of drug-likeness (QED) is 0.355. The first-order chi connectivity index (χ1) is 16.3. The summed E-state index contributed by atoms with van der Waals surface area (Å²) in [7, 11) is 1.59. The van der Waals surface area contributed by atoms with Gasteiger partial charge < -0.3 is 24.3 Å². The highest BCUT2D eigenvalue weighted by atomic mass is 16.5. The van der Waals surface area contributed by atoms with E-state index < -0.39 is 18.0 Å². The number of ketones is 1. The molecule has 0 aliphatic carbocycles. The van der Waals surface area contributed by atoms with Crippen molar-refractivity contribution in [2.45, 2.75) is 52.0 Å². The highest BCUT2D eigenvalue weighted by Gasteiger charge is 2.22. The second kappa shape index (κ2) is 13.8. The van der Waals surface area contributed by atoms with Crippen LogP contribution in [-0.4, -0.2) is 43.4 Å². The minimum atomic E-state index is -0.840. The molecule has 0 aromatic heterocycles. The maximum Gasteiger partial charge on any atom is 0.328 e. The van der Waals surface area contributed by atoms with Crippen LogP contribution in [0.25, 0.3) is 0 Å². The molecule has 182 valence electrons. The zero-order valence-electron chi connectivity index (χ0n) is 19.8. The molecule has 0 bridgehead atoms.